The largest absolute Gasteiger partial charge is 0.347 e. The van der Waals surface area contributed by atoms with Gasteiger partial charge in [0.2, 0.25) is 11.8 Å². The Hall–Kier alpha value is -2.90. The Labute approximate surface area is 154 Å². The number of benzene rings is 1. The quantitative estimate of drug-likeness (QED) is 0.629. The van der Waals surface area contributed by atoms with Gasteiger partial charge in [0.05, 0.1) is 23.0 Å². The third kappa shape index (κ3) is 3.51. The summed E-state index contributed by atoms with van der Waals surface area (Å²) in [4.78, 5) is 48.2. The number of aromatic nitrogens is 2. The molecule has 2 amide bonds. The Balaban J connectivity index is 1.36. The van der Waals surface area contributed by atoms with Gasteiger partial charge in [-0.05, 0) is 49.1 Å². The first-order chi connectivity index (χ1) is 13.0. The number of anilines is 1. The highest BCUT2D eigenvalue weighted by Gasteiger charge is 2.40. The standard InChI is InChI=1S/C19H22N4O4/c24-15(8-12-7-10-4-5-11(12)6-10)20-9-16(25)21-14-3-1-2-13-17(14)19(27)23-22-18(13)26/h1-3,10-12H,4-9H2,(H,20,24)(H,21,25)(H,22,26)(H,23,27)/t10-,11-,12-/m0/s1. The second-order valence-electron chi connectivity index (χ2n) is 7.60. The van der Waals surface area contributed by atoms with Crippen molar-refractivity contribution in [1.82, 2.24) is 15.5 Å². The zero-order chi connectivity index (χ0) is 19.0. The predicted molar refractivity (Wildman–Crippen MR) is 100 cm³/mol. The molecule has 2 bridgehead atoms. The van der Waals surface area contributed by atoms with Crippen LogP contribution in [0, 0.1) is 17.8 Å². The van der Waals surface area contributed by atoms with Crippen molar-refractivity contribution in [3.63, 3.8) is 0 Å². The van der Waals surface area contributed by atoms with Crippen LogP contribution in [-0.4, -0.2) is 28.6 Å². The lowest BCUT2D eigenvalue weighted by Crippen LogP contribution is -2.34. The number of carbonyl (C=O) groups is 2. The highest BCUT2D eigenvalue weighted by molar-refractivity contribution is 6.02. The van der Waals surface area contributed by atoms with E-state index in [9.17, 15) is 19.2 Å². The molecule has 0 spiro atoms. The molecule has 4 N–H and O–H groups in total. The van der Waals surface area contributed by atoms with E-state index in [0.717, 1.165) is 12.3 Å². The molecule has 0 radical (unpaired) electrons. The molecule has 0 unspecified atom stereocenters. The monoisotopic (exact) mass is 370 g/mol. The fraction of sp³-hybridized carbons (Fsp3) is 0.474. The average molecular weight is 370 g/mol. The first kappa shape index (κ1) is 17.5. The molecule has 1 aromatic carbocycles. The van der Waals surface area contributed by atoms with E-state index in [1.54, 1.807) is 12.1 Å². The zero-order valence-electron chi connectivity index (χ0n) is 14.8. The van der Waals surface area contributed by atoms with Gasteiger partial charge >= 0.3 is 0 Å². The second-order valence-corrected chi connectivity index (χ2v) is 7.60. The minimum atomic E-state index is -0.499. The summed E-state index contributed by atoms with van der Waals surface area (Å²) in [6.45, 7) is -0.170. The maximum Gasteiger partial charge on any atom is 0.272 e. The molecule has 0 aliphatic heterocycles. The number of amides is 2. The average Bonchev–Trinajstić information content (AvgIpc) is 3.26. The predicted octanol–water partition coefficient (Wildman–Crippen LogP) is 1.10. The number of rotatable bonds is 5. The number of hydrogen-bond donors (Lipinski definition) is 4. The summed E-state index contributed by atoms with van der Waals surface area (Å²) in [7, 11) is 0. The van der Waals surface area contributed by atoms with E-state index in [0.29, 0.717) is 18.3 Å². The van der Waals surface area contributed by atoms with Gasteiger partial charge in [-0.1, -0.05) is 12.5 Å². The molecule has 27 heavy (non-hydrogen) atoms. The van der Waals surface area contributed by atoms with Gasteiger partial charge in [0.1, 0.15) is 0 Å². The van der Waals surface area contributed by atoms with E-state index < -0.39 is 17.0 Å². The minimum absolute atomic E-state index is 0.114. The van der Waals surface area contributed by atoms with E-state index >= 15 is 0 Å². The topological polar surface area (TPSA) is 124 Å². The van der Waals surface area contributed by atoms with Crippen LogP contribution in [0.3, 0.4) is 0 Å². The molecular formula is C19H22N4O4. The molecule has 142 valence electrons. The van der Waals surface area contributed by atoms with Gasteiger partial charge in [-0.25, -0.2) is 0 Å². The van der Waals surface area contributed by atoms with Crippen molar-refractivity contribution in [2.75, 3.05) is 11.9 Å². The van der Waals surface area contributed by atoms with Crippen LogP contribution in [0.2, 0.25) is 0 Å². The molecule has 0 saturated heterocycles. The van der Waals surface area contributed by atoms with Crippen molar-refractivity contribution in [3.05, 3.63) is 38.9 Å². The summed E-state index contributed by atoms with van der Waals surface area (Å²) >= 11 is 0. The van der Waals surface area contributed by atoms with Gasteiger partial charge < -0.3 is 10.6 Å². The summed E-state index contributed by atoms with van der Waals surface area (Å²) in [5.74, 6) is 1.33. The summed E-state index contributed by atoms with van der Waals surface area (Å²) in [5.41, 5.74) is -0.701. The third-order valence-corrected chi connectivity index (χ3v) is 5.88. The van der Waals surface area contributed by atoms with Crippen LogP contribution in [0.15, 0.2) is 27.8 Å². The van der Waals surface area contributed by atoms with Crippen molar-refractivity contribution in [1.29, 1.82) is 0 Å². The summed E-state index contributed by atoms with van der Waals surface area (Å²) in [6, 6.07) is 4.64. The lowest BCUT2D eigenvalue weighted by atomic mass is 9.86. The van der Waals surface area contributed by atoms with Gasteiger partial charge in [0.25, 0.3) is 11.1 Å². The smallest absolute Gasteiger partial charge is 0.272 e. The number of hydrogen-bond acceptors (Lipinski definition) is 4. The van der Waals surface area contributed by atoms with E-state index in [4.69, 9.17) is 0 Å². The molecule has 1 heterocycles. The molecule has 3 atom stereocenters. The molecule has 8 heteroatoms. The van der Waals surface area contributed by atoms with Crippen LogP contribution in [0.4, 0.5) is 5.69 Å². The summed E-state index contributed by atoms with van der Waals surface area (Å²) in [5, 5.41) is 10.1. The van der Waals surface area contributed by atoms with E-state index in [1.807, 2.05) is 0 Å². The molecular weight excluding hydrogens is 348 g/mol. The summed E-state index contributed by atoms with van der Waals surface area (Å²) in [6.07, 6.45) is 5.35. The maximum atomic E-state index is 12.2. The lowest BCUT2D eigenvalue weighted by molar-refractivity contribution is -0.125. The Morgan fingerprint density at radius 1 is 1.04 bits per heavy atom. The van der Waals surface area contributed by atoms with Gasteiger partial charge in [-0.3, -0.25) is 29.4 Å². The van der Waals surface area contributed by atoms with Crippen LogP contribution in [0.25, 0.3) is 10.8 Å². The maximum absolute atomic E-state index is 12.2. The van der Waals surface area contributed by atoms with E-state index in [2.05, 4.69) is 20.8 Å². The van der Waals surface area contributed by atoms with Crippen molar-refractivity contribution in [2.24, 2.45) is 17.8 Å². The molecule has 2 fully saturated rings. The van der Waals surface area contributed by atoms with Crippen LogP contribution in [-0.2, 0) is 9.59 Å². The minimum Gasteiger partial charge on any atom is -0.347 e. The van der Waals surface area contributed by atoms with Crippen LogP contribution in [0.1, 0.15) is 32.1 Å². The fourth-order valence-corrected chi connectivity index (χ4v) is 4.64. The number of nitrogens with one attached hydrogen (secondary N) is 4. The van der Waals surface area contributed by atoms with Crippen LogP contribution in [0.5, 0.6) is 0 Å². The number of carbonyl (C=O) groups excluding carboxylic acids is 2. The van der Waals surface area contributed by atoms with Crippen molar-refractivity contribution in [3.8, 4) is 0 Å². The molecule has 2 saturated carbocycles. The lowest BCUT2D eigenvalue weighted by Gasteiger charge is -2.20. The van der Waals surface area contributed by atoms with Gasteiger partial charge in [0.15, 0.2) is 0 Å². The first-order valence-corrected chi connectivity index (χ1v) is 9.31. The number of H-pyrrole nitrogens is 2. The van der Waals surface area contributed by atoms with Crippen molar-refractivity contribution < 1.29 is 9.59 Å². The highest BCUT2D eigenvalue weighted by atomic mass is 16.2. The normalized spacial score (nSPS) is 23.5. The van der Waals surface area contributed by atoms with Crippen molar-refractivity contribution >= 4 is 28.3 Å². The number of fused-ring (bicyclic) bond motifs is 3. The number of aromatic amines is 2. The fourth-order valence-electron chi connectivity index (χ4n) is 4.64. The Bertz CT molecular complexity index is 1010. The molecule has 2 aromatic rings. The van der Waals surface area contributed by atoms with E-state index in [-0.39, 0.29) is 28.9 Å². The van der Waals surface area contributed by atoms with E-state index in [1.165, 1.54) is 25.3 Å². The molecule has 2 aliphatic carbocycles. The zero-order valence-corrected chi connectivity index (χ0v) is 14.8. The van der Waals surface area contributed by atoms with Crippen molar-refractivity contribution in [2.45, 2.75) is 32.1 Å². The molecule has 2 aliphatic rings. The van der Waals surface area contributed by atoms with Gasteiger partial charge in [-0.15, -0.1) is 0 Å². The summed E-state index contributed by atoms with van der Waals surface area (Å²) < 4.78 is 0. The SMILES string of the molecule is O=C(C[C@@H]1C[C@H]2CC[C@H]1C2)NCC(=O)Nc1cccc2c(=O)[nH][nH]c(=O)c12. The molecule has 4 rings (SSSR count). The molecule has 8 nitrogen and oxygen atoms in total. The van der Waals surface area contributed by atoms with Crippen LogP contribution >= 0.6 is 0 Å². The Morgan fingerprint density at radius 3 is 2.59 bits per heavy atom. The second kappa shape index (κ2) is 7.02. The van der Waals surface area contributed by atoms with Crippen LogP contribution < -0.4 is 21.8 Å². The Morgan fingerprint density at radius 2 is 1.85 bits per heavy atom. The van der Waals surface area contributed by atoms with Gasteiger partial charge in [0, 0.05) is 6.42 Å². The van der Waals surface area contributed by atoms with Gasteiger partial charge in [-0.2, -0.15) is 0 Å². The Kier molecular flexibility index (Phi) is 4.55. The third-order valence-electron chi connectivity index (χ3n) is 5.88. The first-order valence-electron chi connectivity index (χ1n) is 9.31. The molecule has 1 aromatic heterocycles. The highest BCUT2D eigenvalue weighted by Crippen LogP contribution is 2.49.